The Labute approximate surface area is 129 Å². The van der Waals surface area contributed by atoms with Crippen LogP contribution in [0.25, 0.3) is 0 Å². The highest BCUT2D eigenvalue weighted by molar-refractivity contribution is 7.80. The zero-order valence-electron chi connectivity index (χ0n) is 11.4. The van der Waals surface area contributed by atoms with Gasteiger partial charge in [-0.05, 0) is 30.2 Å². The van der Waals surface area contributed by atoms with Gasteiger partial charge in [-0.2, -0.15) is 36.0 Å². The fourth-order valence-electron chi connectivity index (χ4n) is 2.21. The van der Waals surface area contributed by atoms with Crippen molar-refractivity contribution in [1.29, 1.82) is 0 Å². The van der Waals surface area contributed by atoms with E-state index in [1.165, 1.54) is 0 Å². The van der Waals surface area contributed by atoms with Crippen LogP contribution < -0.4 is 0 Å². The number of thiol groups is 1. The zero-order valence-corrected chi connectivity index (χ0v) is 12.3. The molecule has 0 saturated heterocycles. The Morgan fingerprint density at radius 2 is 2.14 bits per heavy atom. The van der Waals surface area contributed by atoms with Crippen LogP contribution in [0.15, 0.2) is 40.7 Å². The van der Waals surface area contributed by atoms with Gasteiger partial charge in [0.15, 0.2) is 0 Å². The number of alkyl halides is 3. The van der Waals surface area contributed by atoms with Crippen molar-refractivity contribution in [3.63, 3.8) is 0 Å². The van der Waals surface area contributed by atoms with E-state index in [1.54, 1.807) is 6.92 Å². The average molecular weight is 331 g/mol. The third kappa shape index (κ3) is 2.60. The van der Waals surface area contributed by atoms with Crippen LogP contribution in [0.4, 0.5) is 18.9 Å². The molecule has 1 aromatic carbocycles. The van der Waals surface area contributed by atoms with Gasteiger partial charge in [-0.3, -0.25) is 10.1 Å². The normalized spacial score (nSPS) is 22.0. The second kappa shape index (κ2) is 5.71. The van der Waals surface area contributed by atoms with Crippen LogP contribution in [-0.2, 0) is 5.54 Å². The predicted molar refractivity (Wildman–Crippen MR) is 76.8 cm³/mol. The SMILES string of the molecule is CCC(S)c1cc(C2(C(F)(F)F)C=CN=N2)ccc1[N+](=O)[O-]. The van der Waals surface area contributed by atoms with Gasteiger partial charge in [0.25, 0.3) is 5.69 Å². The molecule has 0 aliphatic carbocycles. The fourth-order valence-corrected chi connectivity index (χ4v) is 2.42. The summed E-state index contributed by atoms with van der Waals surface area (Å²) in [4.78, 5) is 10.4. The van der Waals surface area contributed by atoms with Crippen LogP contribution in [0.2, 0.25) is 0 Å². The smallest absolute Gasteiger partial charge is 0.258 e. The van der Waals surface area contributed by atoms with Crippen molar-refractivity contribution in [3.05, 3.63) is 51.7 Å². The minimum absolute atomic E-state index is 0.132. The summed E-state index contributed by atoms with van der Waals surface area (Å²) in [6.07, 6.45) is -2.47. The van der Waals surface area contributed by atoms with E-state index in [4.69, 9.17) is 0 Å². The lowest BCUT2D eigenvalue weighted by atomic mass is 9.88. The summed E-state index contributed by atoms with van der Waals surface area (Å²) in [7, 11) is 0. The maximum atomic E-state index is 13.4. The molecule has 1 aliphatic heterocycles. The van der Waals surface area contributed by atoms with E-state index in [-0.39, 0.29) is 16.8 Å². The van der Waals surface area contributed by atoms with Gasteiger partial charge in [0.2, 0.25) is 5.54 Å². The minimum atomic E-state index is -4.70. The summed E-state index contributed by atoms with van der Waals surface area (Å²) in [5.74, 6) is 0. The Balaban J connectivity index is 2.65. The van der Waals surface area contributed by atoms with Gasteiger partial charge in [0.05, 0.1) is 4.92 Å². The van der Waals surface area contributed by atoms with Crippen LogP contribution in [0.3, 0.4) is 0 Å². The monoisotopic (exact) mass is 331 g/mol. The largest absolute Gasteiger partial charge is 0.423 e. The van der Waals surface area contributed by atoms with Crippen molar-refractivity contribution in [3.8, 4) is 0 Å². The highest BCUT2D eigenvalue weighted by atomic mass is 32.1. The molecular weight excluding hydrogens is 319 g/mol. The van der Waals surface area contributed by atoms with E-state index in [9.17, 15) is 23.3 Å². The Morgan fingerprint density at radius 3 is 2.59 bits per heavy atom. The topological polar surface area (TPSA) is 67.9 Å². The van der Waals surface area contributed by atoms with E-state index in [2.05, 4.69) is 22.9 Å². The molecule has 2 atom stereocenters. The number of hydrogen-bond donors (Lipinski definition) is 1. The maximum Gasteiger partial charge on any atom is 0.423 e. The number of nitrogens with zero attached hydrogens (tertiary/aromatic N) is 3. The standard InChI is InChI=1S/C13H12F3N3O2S/c1-2-11(22)9-7-8(3-4-10(9)19(20)21)12(13(14,15)16)5-6-17-18-12/h3-7,11,22H,2H2,1H3. The third-order valence-corrected chi connectivity index (χ3v) is 4.08. The maximum absolute atomic E-state index is 13.4. The highest BCUT2D eigenvalue weighted by Crippen LogP contribution is 2.47. The van der Waals surface area contributed by atoms with Crippen molar-refractivity contribution in [1.82, 2.24) is 0 Å². The fraction of sp³-hybridized carbons (Fsp3) is 0.385. The molecule has 2 rings (SSSR count). The summed E-state index contributed by atoms with van der Waals surface area (Å²) >= 11 is 4.22. The lowest BCUT2D eigenvalue weighted by Gasteiger charge is -2.26. The van der Waals surface area contributed by atoms with Crippen molar-refractivity contribution in [2.75, 3.05) is 0 Å². The third-order valence-electron chi connectivity index (χ3n) is 3.44. The van der Waals surface area contributed by atoms with Gasteiger partial charge < -0.3 is 0 Å². The van der Waals surface area contributed by atoms with Gasteiger partial charge >= 0.3 is 6.18 Å². The molecule has 1 aromatic rings. The van der Waals surface area contributed by atoms with E-state index >= 15 is 0 Å². The minimum Gasteiger partial charge on any atom is -0.258 e. The van der Waals surface area contributed by atoms with Crippen LogP contribution in [0.5, 0.6) is 0 Å². The van der Waals surface area contributed by atoms with Gasteiger partial charge in [-0.15, -0.1) is 0 Å². The van der Waals surface area contributed by atoms with Crippen molar-refractivity contribution in [2.24, 2.45) is 10.2 Å². The van der Waals surface area contributed by atoms with Crippen LogP contribution in [-0.4, -0.2) is 11.1 Å². The first kappa shape index (κ1) is 16.5. The molecule has 118 valence electrons. The van der Waals surface area contributed by atoms with Crippen molar-refractivity contribution < 1.29 is 18.1 Å². The van der Waals surface area contributed by atoms with Crippen LogP contribution in [0.1, 0.15) is 29.7 Å². The molecule has 1 aliphatic rings. The number of nitro groups is 1. The molecule has 0 fully saturated rings. The van der Waals surface area contributed by atoms with E-state index in [0.29, 0.717) is 6.42 Å². The molecule has 22 heavy (non-hydrogen) atoms. The highest BCUT2D eigenvalue weighted by Gasteiger charge is 2.57. The lowest BCUT2D eigenvalue weighted by Crippen LogP contribution is -2.37. The number of halogens is 3. The van der Waals surface area contributed by atoms with Gasteiger partial charge in [-0.25, -0.2) is 0 Å². The Hall–Kier alpha value is -1.90. The van der Waals surface area contributed by atoms with Crippen LogP contribution >= 0.6 is 12.6 Å². The van der Waals surface area contributed by atoms with E-state index in [0.717, 1.165) is 30.5 Å². The van der Waals surface area contributed by atoms with Gasteiger partial charge in [-0.1, -0.05) is 6.92 Å². The zero-order chi connectivity index (χ0) is 16.5. The van der Waals surface area contributed by atoms with Gasteiger partial charge in [0.1, 0.15) is 0 Å². The first-order valence-electron chi connectivity index (χ1n) is 6.36. The number of hydrogen-bond acceptors (Lipinski definition) is 5. The molecule has 2 unspecified atom stereocenters. The average Bonchev–Trinajstić information content (AvgIpc) is 2.96. The second-order valence-corrected chi connectivity index (χ2v) is 5.37. The number of nitro benzene ring substituents is 1. The summed E-state index contributed by atoms with van der Waals surface area (Å²) in [5.41, 5.74) is -2.95. The molecular formula is C13H12F3N3O2S. The first-order valence-corrected chi connectivity index (χ1v) is 6.88. The summed E-state index contributed by atoms with van der Waals surface area (Å²) in [5, 5.41) is 17.1. The van der Waals surface area contributed by atoms with Crippen molar-refractivity contribution >= 4 is 18.3 Å². The van der Waals surface area contributed by atoms with E-state index in [1.807, 2.05) is 0 Å². The van der Waals surface area contributed by atoms with Gasteiger partial charge in [0, 0.05) is 23.1 Å². The molecule has 9 heteroatoms. The molecule has 1 heterocycles. The molecule has 0 radical (unpaired) electrons. The first-order chi connectivity index (χ1) is 10.2. The molecule has 0 saturated carbocycles. The number of benzene rings is 1. The molecule has 0 N–H and O–H groups in total. The molecule has 0 amide bonds. The molecule has 0 spiro atoms. The Bertz CT molecular complexity index is 646. The molecule has 0 bridgehead atoms. The predicted octanol–water partition coefficient (Wildman–Crippen LogP) is 4.71. The Kier molecular flexibility index (Phi) is 4.28. The number of azo groups is 1. The summed E-state index contributed by atoms with van der Waals surface area (Å²) < 4.78 is 40.3. The summed E-state index contributed by atoms with van der Waals surface area (Å²) in [6, 6.07) is 3.25. The lowest BCUT2D eigenvalue weighted by molar-refractivity contribution is -0.385. The molecule has 5 nitrogen and oxygen atoms in total. The quantitative estimate of drug-likeness (QED) is 0.493. The van der Waals surface area contributed by atoms with Crippen LogP contribution in [0, 0.1) is 10.1 Å². The van der Waals surface area contributed by atoms with Crippen molar-refractivity contribution in [2.45, 2.75) is 30.3 Å². The Morgan fingerprint density at radius 1 is 1.45 bits per heavy atom. The second-order valence-electron chi connectivity index (χ2n) is 4.75. The van der Waals surface area contributed by atoms with E-state index < -0.39 is 21.9 Å². The number of rotatable bonds is 4. The summed E-state index contributed by atoms with van der Waals surface area (Å²) in [6.45, 7) is 1.74. The molecule has 0 aromatic heterocycles.